The molecule has 0 spiro atoms. The average molecular weight is 504 g/mol. The molecule has 4 rings (SSSR count). The van der Waals surface area contributed by atoms with Gasteiger partial charge in [-0.3, -0.25) is 0 Å². The molecule has 0 nitrogen and oxygen atoms in total. The Hall–Kier alpha value is -1.28. The van der Waals surface area contributed by atoms with Crippen LogP contribution in [0.25, 0.3) is 0 Å². The predicted octanol–water partition coefficient (Wildman–Crippen LogP) is -2.25. The van der Waals surface area contributed by atoms with Crippen molar-refractivity contribution in [1.29, 1.82) is 0 Å². The normalized spacial score (nSPS) is 12.4. The smallest absolute Gasteiger partial charge is 1.00 e. The van der Waals surface area contributed by atoms with Gasteiger partial charge < -0.3 is 37.2 Å². The van der Waals surface area contributed by atoms with Gasteiger partial charge in [-0.1, -0.05) is 117 Å². The van der Waals surface area contributed by atoms with Crippen molar-refractivity contribution in [3.05, 3.63) is 131 Å². The first kappa shape index (κ1) is 29.7. The molecule has 1 aliphatic carbocycles. The summed E-state index contributed by atoms with van der Waals surface area (Å²) in [5.74, 6) is 0.488. The Labute approximate surface area is 220 Å². The Kier molecular flexibility index (Phi) is 12.8. The molecule has 0 heterocycles. The minimum absolute atomic E-state index is 0. The van der Waals surface area contributed by atoms with Gasteiger partial charge in [0.1, 0.15) is 0 Å². The Morgan fingerprint density at radius 2 is 1.00 bits per heavy atom. The monoisotopic (exact) mass is 502 g/mol. The molecular weight excluding hydrogens is 479 g/mol. The fourth-order valence-corrected chi connectivity index (χ4v) is 4.20. The third-order valence-electron chi connectivity index (χ3n) is 5.52. The molecule has 3 aromatic rings. The van der Waals surface area contributed by atoms with Crippen LogP contribution in [-0.2, 0) is 27.1 Å². The summed E-state index contributed by atoms with van der Waals surface area (Å²) in [5, 5.41) is 0. The van der Waals surface area contributed by atoms with E-state index in [0.717, 1.165) is 6.42 Å². The second-order valence-electron chi connectivity index (χ2n) is 7.47. The van der Waals surface area contributed by atoms with Crippen molar-refractivity contribution in [2.75, 3.05) is 0 Å². The molecule has 0 fully saturated rings. The third-order valence-corrected chi connectivity index (χ3v) is 5.52. The largest absolute Gasteiger partial charge is 4.00 e. The van der Waals surface area contributed by atoms with Crippen molar-refractivity contribution in [2.45, 2.75) is 25.7 Å². The molecule has 0 bridgehead atoms. The van der Waals surface area contributed by atoms with Gasteiger partial charge in [-0.05, 0) is 16.7 Å². The van der Waals surface area contributed by atoms with Crippen LogP contribution in [0, 0.1) is 12.0 Å². The SMILES string of the molecule is CC(C)C1=CCC(C(c2ccccc2)(c2ccccc2)c2ccccc2)=[C-]1.[Cl-].[Cl-].[Cl-].[Ti+4]. The van der Waals surface area contributed by atoms with Crippen LogP contribution in [0.1, 0.15) is 37.0 Å². The zero-order chi connectivity index (χ0) is 18.7. The second-order valence-corrected chi connectivity index (χ2v) is 7.47. The Morgan fingerprint density at radius 1 is 0.645 bits per heavy atom. The van der Waals surface area contributed by atoms with E-state index < -0.39 is 0 Å². The molecule has 4 heteroatoms. The van der Waals surface area contributed by atoms with Crippen molar-refractivity contribution in [3.63, 3.8) is 0 Å². The molecule has 0 unspecified atom stereocenters. The quantitative estimate of drug-likeness (QED) is 0.210. The van der Waals surface area contributed by atoms with Crippen molar-refractivity contribution in [3.8, 4) is 0 Å². The van der Waals surface area contributed by atoms with E-state index in [9.17, 15) is 0 Å². The fraction of sp³-hybridized carbons (Fsp3) is 0.185. The molecule has 0 atom stereocenters. The van der Waals surface area contributed by atoms with Gasteiger partial charge in [-0.25, -0.2) is 17.7 Å². The molecule has 0 aliphatic heterocycles. The van der Waals surface area contributed by atoms with Crippen molar-refractivity contribution in [2.24, 2.45) is 5.92 Å². The van der Waals surface area contributed by atoms with Gasteiger partial charge in [0.2, 0.25) is 0 Å². The van der Waals surface area contributed by atoms with Crippen LogP contribution in [0.4, 0.5) is 0 Å². The third kappa shape index (κ3) is 5.75. The summed E-state index contributed by atoms with van der Waals surface area (Å²) in [6.45, 7) is 4.49. The van der Waals surface area contributed by atoms with Gasteiger partial charge in [-0.2, -0.15) is 5.57 Å². The summed E-state index contributed by atoms with van der Waals surface area (Å²) in [7, 11) is 0. The summed E-state index contributed by atoms with van der Waals surface area (Å²) in [6.07, 6.45) is 7.09. The van der Waals surface area contributed by atoms with E-state index in [1.807, 2.05) is 0 Å². The van der Waals surface area contributed by atoms with Crippen LogP contribution in [0.5, 0.6) is 0 Å². The van der Waals surface area contributed by atoms with Crippen molar-refractivity contribution >= 4 is 0 Å². The number of benzene rings is 3. The molecule has 0 radical (unpaired) electrons. The maximum atomic E-state index is 3.80. The summed E-state index contributed by atoms with van der Waals surface area (Å²) in [6, 6.07) is 32.6. The molecule has 0 saturated carbocycles. The van der Waals surface area contributed by atoms with Gasteiger partial charge in [0, 0.05) is 5.41 Å². The van der Waals surface area contributed by atoms with Crippen LogP contribution < -0.4 is 37.2 Å². The molecule has 0 N–H and O–H groups in total. The summed E-state index contributed by atoms with van der Waals surface area (Å²) >= 11 is 0. The summed E-state index contributed by atoms with van der Waals surface area (Å²) in [4.78, 5) is 0. The number of hydrogen-bond acceptors (Lipinski definition) is 0. The molecule has 31 heavy (non-hydrogen) atoms. The summed E-state index contributed by atoms with van der Waals surface area (Å²) in [5.41, 5.74) is 6.21. The first-order chi connectivity index (χ1) is 13.2. The predicted molar refractivity (Wildman–Crippen MR) is 114 cm³/mol. The van der Waals surface area contributed by atoms with E-state index in [1.54, 1.807) is 0 Å². The van der Waals surface area contributed by atoms with Crippen LogP contribution in [0.2, 0.25) is 0 Å². The van der Waals surface area contributed by atoms with Crippen LogP contribution >= 0.6 is 0 Å². The molecule has 0 saturated heterocycles. The first-order valence-corrected chi connectivity index (χ1v) is 9.73. The number of allylic oxidation sites excluding steroid dienone is 4. The standard InChI is InChI=1S/C27H25.3ClH.Ti/c1-21(2)22-18-19-26(20-22)27(23-12-6-3-7-13-23,24-14-8-4-9-15-24)25-16-10-5-11-17-25;;;;/h3-18,21H,19H2,1-2H3;3*1H;/q-1;;;;+4/p-3. The zero-order valence-electron chi connectivity index (χ0n) is 17.7. The zero-order valence-corrected chi connectivity index (χ0v) is 21.5. The van der Waals surface area contributed by atoms with E-state index in [1.165, 1.54) is 27.8 Å². The number of halogens is 3. The van der Waals surface area contributed by atoms with E-state index in [-0.39, 0.29) is 64.4 Å². The van der Waals surface area contributed by atoms with Gasteiger partial charge in [-0.15, -0.1) is 0 Å². The van der Waals surface area contributed by atoms with E-state index in [2.05, 4.69) is 117 Å². The maximum absolute atomic E-state index is 3.80. The van der Waals surface area contributed by atoms with Crippen LogP contribution in [0.15, 0.2) is 108 Å². The molecule has 0 amide bonds. The van der Waals surface area contributed by atoms with Gasteiger partial charge in [0.25, 0.3) is 0 Å². The molecule has 158 valence electrons. The number of hydrogen-bond donors (Lipinski definition) is 0. The fourth-order valence-electron chi connectivity index (χ4n) is 4.20. The molecule has 1 aliphatic rings. The van der Waals surface area contributed by atoms with Crippen molar-refractivity contribution in [1.82, 2.24) is 0 Å². The minimum atomic E-state index is -0.322. The van der Waals surface area contributed by atoms with Crippen LogP contribution in [-0.4, -0.2) is 0 Å². The topological polar surface area (TPSA) is 0 Å². The van der Waals surface area contributed by atoms with Gasteiger partial charge in [0.15, 0.2) is 0 Å². The molecular formula is C27H25Cl3Ti. The number of rotatable bonds is 5. The average Bonchev–Trinajstić information content (AvgIpc) is 3.22. The van der Waals surface area contributed by atoms with Crippen LogP contribution in [0.3, 0.4) is 0 Å². The van der Waals surface area contributed by atoms with Crippen molar-refractivity contribution < 1.29 is 58.9 Å². The Balaban J connectivity index is 0.00000225. The Morgan fingerprint density at radius 3 is 1.29 bits per heavy atom. The van der Waals surface area contributed by atoms with E-state index in [0.29, 0.717) is 5.92 Å². The molecule has 3 aromatic carbocycles. The molecule has 0 aromatic heterocycles. The van der Waals surface area contributed by atoms with Gasteiger partial charge >= 0.3 is 21.7 Å². The Bertz CT molecular complexity index is 868. The minimum Gasteiger partial charge on any atom is -1.00 e. The summed E-state index contributed by atoms with van der Waals surface area (Å²) < 4.78 is 0. The van der Waals surface area contributed by atoms with E-state index >= 15 is 0 Å². The maximum Gasteiger partial charge on any atom is 4.00 e. The van der Waals surface area contributed by atoms with Gasteiger partial charge in [0.05, 0.1) is 0 Å². The first-order valence-electron chi connectivity index (χ1n) is 9.73. The van der Waals surface area contributed by atoms with E-state index in [4.69, 9.17) is 0 Å². The second kappa shape index (κ2) is 13.3.